The minimum absolute atomic E-state index is 0.0291. The third-order valence-electron chi connectivity index (χ3n) is 3.48. The van der Waals surface area contributed by atoms with Gasteiger partial charge in [0.15, 0.2) is 9.84 Å². The van der Waals surface area contributed by atoms with Gasteiger partial charge in [-0.15, -0.1) is 0 Å². The van der Waals surface area contributed by atoms with Crippen molar-refractivity contribution in [2.45, 2.75) is 11.8 Å². The summed E-state index contributed by atoms with van der Waals surface area (Å²) in [4.78, 5) is 12.2. The Morgan fingerprint density at radius 3 is 2.32 bits per heavy atom. The Labute approximate surface area is 113 Å². The van der Waals surface area contributed by atoms with Crippen molar-refractivity contribution in [3.8, 4) is 0 Å². The lowest BCUT2D eigenvalue weighted by molar-refractivity contribution is -0.121. The van der Waals surface area contributed by atoms with Crippen LogP contribution in [-0.2, 0) is 14.6 Å². The van der Waals surface area contributed by atoms with Gasteiger partial charge in [-0.2, -0.15) is 0 Å². The highest BCUT2D eigenvalue weighted by Gasteiger charge is 2.28. The molecule has 0 aromatic heterocycles. The minimum Gasteiger partial charge on any atom is -0.326 e. The van der Waals surface area contributed by atoms with Gasteiger partial charge in [0.05, 0.1) is 4.90 Å². The molecule has 19 heavy (non-hydrogen) atoms. The molecule has 1 aromatic carbocycles. The van der Waals surface area contributed by atoms with E-state index >= 15 is 0 Å². The standard InChI is InChI=1S/C13H18N2O3S/c1-9(10-7-14-8-10)13(16)15-11-3-5-12(6-4-11)19(2,17)18/h3-6,9-10,14H,7-8H2,1-2H3,(H,15,16). The molecule has 1 unspecified atom stereocenters. The molecular weight excluding hydrogens is 264 g/mol. The van der Waals surface area contributed by atoms with Gasteiger partial charge < -0.3 is 10.6 Å². The number of rotatable bonds is 4. The number of carbonyl (C=O) groups excluding carboxylic acids is 1. The summed E-state index contributed by atoms with van der Waals surface area (Å²) in [7, 11) is -3.19. The first-order valence-corrected chi connectivity index (χ1v) is 8.09. The van der Waals surface area contributed by atoms with Crippen LogP contribution in [0.4, 0.5) is 5.69 Å². The fourth-order valence-corrected chi connectivity index (χ4v) is 2.55. The third-order valence-corrected chi connectivity index (χ3v) is 4.61. The van der Waals surface area contributed by atoms with E-state index in [1.165, 1.54) is 12.1 Å². The monoisotopic (exact) mass is 282 g/mol. The number of nitrogens with one attached hydrogen (secondary N) is 2. The van der Waals surface area contributed by atoms with Gasteiger partial charge in [-0.05, 0) is 43.3 Å². The van der Waals surface area contributed by atoms with E-state index < -0.39 is 9.84 Å². The molecule has 0 spiro atoms. The van der Waals surface area contributed by atoms with Crippen molar-refractivity contribution in [2.24, 2.45) is 11.8 Å². The first-order chi connectivity index (χ1) is 8.88. The lowest BCUT2D eigenvalue weighted by Crippen LogP contribution is -2.48. The van der Waals surface area contributed by atoms with E-state index in [1.54, 1.807) is 12.1 Å². The van der Waals surface area contributed by atoms with E-state index in [-0.39, 0.29) is 16.7 Å². The fraction of sp³-hybridized carbons (Fsp3) is 0.462. The summed E-state index contributed by atoms with van der Waals surface area (Å²) in [6.07, 6.45) is 1.16. The molecule has 1 aromatic rings. The van der Waals surface area contributed by atoms with E-state index in [1.807, 2.05) is 6.92 Å². The molecule has 1 aliphatic heterocycles. The molecular formula is C13H18N2O3S. The molecule has 2 rings (SSSR count). The average molecular weight is 282 g/mol. The molecule has 6 heteroatoms. The van der Waals surface area contributed by atoms with Crippen LogP contribution < -0.4 is 10.6 Å². The van der Waals surface area contributed by atoms with Crippen molar-refractivity contribution >= 4 is 21.4 Å². The van der Waals surface area contributed by atoms with Gasteiger partial charge in [0, 0.05) is 17.9 Å². The number of amides is 1. The van der Waals surface area contributed by atoms with Crippen molar-refractivity contribution in [1.82, 2.24) is 5.32 Å². The van der Waals surface area contributed by atoms with Crippen molar-refractivity contribution in [1.29, 1.82) is 0 Å². The molecule has 1 saturated heterocycles. The van der Waals surface area contributed by atoms with Gasteiger partial charge >= 0.3 is 0 Å². The van der Waals surface area contributed by atoms with Gasteiger partial charge in [-0.3, -0.25) is 4.79 Å². The summed E-state index contributed by atoms with van der Waals surface area (Å²) < 4.78 is 22.6. The van der Waals surface area contributed by atoms with Gasteiger partial charge in [-0.25, -0.2) is 8.42 Å². The summed E-state index contributed by atoms with van der Waals surface area (Å²) in [5.74, 6) is 0.310. The number of sulfone groups is 1. The number of hydrogen-bond acceptors (Lipinski definition) is 4. The first-order valence-electron chi connectivity index (χ1n) is 6.19. The predicted octanol–water partition coefficient (Wildman–Crippen LogP) is 0.884. The first kappa shape index (κ1) is 14.0. The van der Waals surface area contributed by atoms with Crippen molar-refractivity contribution in [3.05, 3.63) is 24.3 Å². The quantitative estimate of drug-likeness (QED) is 0.860. The van der Waals surface area contributed by atoms with E-state index in [4.69, 9.17) is 0 Å². The third kappa shape index (κ3) is 3.33. The van der Waals surface area contributed by atoms with E-state index in [0.717, 1.165) is 19.3 Å². The smallest absolute Gasteiger partial charge is 0.227 e. The molecule has 1 aliphatic rings. The second-order valence-electron chi connectivity index (χ2n) is 4.99. The molecule has 0 bridgehead atoms. The Morgan fingerprint density at radius 2 is 1.89 bits per heavy atom. The van der Waals surface area contributed by atoms with Crippen LogP contribution in [0.15, 0.2) is 29.2 Å². The number of benzene rings is 1. The second kappa shape index (κ2) is 5.30. The van der Waals surface area contributed by atoms with E-state index in [9.17, 15) is 13.2 Å². The Balaban J connectivity index is 2.01. The van der Waals surface area contributed by atoms with Crippen LogP contribution in [-0.4, -0.2) is 33.7 Å². The molecule has 0 saturated carbocycles. The van der Waals surface area contributed by atoms with E-state index in [2.05, 4.69) is 10.6 Å². The zero-order valence-corrected chi connectivity index (χ0v) is 11.8. The topological polar surface area (TPSA) is 75.3 Å². The molecule has 5 nitrogen and oxygen atoms in total. The summed E-state index contributed by atoms with van der Waals surface area (Å²) in [5, 5.41) is 5.95. The maximum absolute atomic E-state index is 12.0. The summed E-state index contributed by atoms with van der Waals surface area (Å²) in [5.41, 5.74) is 0.622. The van der Waals surface area contributed by atoms with E-state index in [0.29, 0.717) is 11.6 Å². The van der Waals surface area contributed by atoms with Gasteiger partial charge in [0.2, 0.25) is 5.91 Å². The van der Waals surface area contributed by atoms with Gasteiger partial charge in [0.25, 0.3) is 0 Å². The average Bonchev–Trinajstić information content (AvgIpc) is 2.26. The largest absolute Gasteiger partial charge is 0.326 e. The van der Waals surface area contributed by atoms with Crippen molar-refractivity contribution < 1.29 is 13.2 Å². The molecule has 1 amide bonds. The Bertz CT molecular complexity index is 562. The predicted molar refractivity (Wildman–Crippen MR) is 73.7 cm³/mol. The van der Waals surface area contributed by atoms with Crippen LogP contribution in [0.5, 0.6) is 0 Å². The highest BCUT2D eigenvalue weighted by molar-refractivity contribution is 7.90. The minimum atomic E-state index is -3.19. The maximum Gasteiger partial charge on any atom is 0.227 e. The summed E-state index contributed by atoms with van der Waals surface area (Å²) >= 11 is 0. The Kier molecular flexibility index (Phi) is 3.91. The molecule has 1 heterocycles. The zero-order chi connectivity index (χ0) is 14.0. The van der Waals surface area contributed by atoms with Gasteiger partial charge in [-0.1, -0.05) is 6.92 Å². The van der Waals surface area contributed by atoms with Crippen LogP contribution in [0.2, 0.25) is 0 Å². The maximum atomic E-state index is 12.0. The van der Waals surface area contributed by atoms with Crippen molar-refractivity contribution in [2.75, 3.05) is 24.7 Å². The highest BCUT2D eigenvalue weighted by atomic mass is 32.2. The lowest BCUT2D eigenvalue weighted by Gasteiger charge is -2.31. The summed E-state index contributed by atoms with van der Waals surface area (Å²) in [6, 6.07) is 6.22. The molecule has 104 valence electrons. The van der Waals surface area contributed by atoms with Crippen LogP contribution >= 0.6 is 0 Å². The van der Waals surface area contributed by atoms with Gasteiger partial charge in [0.1, 0.15) is 0 Å². The zero-order valence-electron chi connectivity index (χ0n) is 11.0. The highest BCUT2D eigenvalue weighted by Crippen LogP contribution is 2.19. The molecule has 0 radical (unpaired) electrons. The Morgan fingerprint density at radius 1 is 1.32 bits per heavy atom. The number of hydrogen-bond donors (Lipinski definition) is 2. The molecule has 1 atom stereocenters. The Hall–Kier alpha value is -1.40. The lowest BCUT2D eigenvalue weighted by atomic mass is 9.88. The van der Waals surface area contributed by atoms with Crippen LogP contribution in [0, 0.1) is 11.8 Å². The number of carbonyl (C=O) groups is 1. The molecule has 0 aliphatic carbocycles. The second-order valence-corrected chi connectivity index (χ2v) is 7.01. The molecule has 1 fully saturated rings. The normalized spacial score (nSPS) is 17.6. The fourth-order valence-electron chi connectivity index (χ4n) is 1.92. The van der Waals surface area contributed by atoms with Crippen LogP contribution in [0.25, 0.3) is 0 Å². The van der Waals surface area contributed by atoms with Crippen LogP contribution in [0.3, 0.4) is 0 Å². The SMILES string of the molecule is CC(C(=O)Nc1ccc(S(C)(=O)=O)cc1)C1CNC1. The summed E-state index contributed by atoms with van der Waals surface area (Å²) in [6.45, 7) is 3.66. The number of anilines is 1. The van der Waals surface area contributed by atoms with Crippen LogP contribution in [0.1, 0.15) is 6.92 Å². The van der Waals surface area contributed by atoms with Crippen molar-refractivity contribution in [3.63, 3.8) is 0 Å². The molecule has 2 N–H and O–H groups in total.